The highest BCUT2D eigenvalue weighted by atomic mass is 16.5. The fourth-order valence-corrected chi connectivity index (χ4v) is 24.1. The van der Waals surface area contributed by atoms with E-state index in [-0.39, 0.29) is 131 Å². The first-order valence-corrected chi connectivity index (χ1v) is 37.8. The molecule has 11 aliphatic rings. The Balaban J connectivity index is 0.000000179. The summed E-state index contributed by atoms with van der Waals surface area (Å²) in [5, 5.41) is 6.14. The van der Waals surface area contributed by atoms with Crippen molar-refractivity contribution in [2.75, 3.05) is 47.0 Å². The number of allylic oxidation sites excluding steroid dienone is 4. The topological polar surface area (TPSA) is 245 Å². The predicted octanol–water partition coefficient (Wildman–Crippen LogP) is 16.8. The lowest BCUT2D eigenvalue weighted by atomic mass is 9.33. The largest absolute Gasteiger partial charge is 0.469 e. The highest BCUT2D eigenvalue weighted by Crippen LogP contribution is 2.77. The van der Waals surface area contributed by atoms with Crippen molar-refractivity contribution in [2.45, 2.75) is 237 Å². The summed E-state index contributed by atoms with van der Waals surface area (Å²) in [6.45, 7) is 34.7. The van der Waals surface area contributed by atoms with Gasteiger partial charge in [0.2, 0.25) is 6.08 Å². The molecule has 10 aliphatic carbocycles. The van der Waals surface area contributed by atoms with E-state index in [2.05, 4.69) is 129 Å². The number of esters is 4. The van der Waals surface area contributed by atoms with Crippen molar-refractivity contribution >= 4 is 58.9 Å². The predicted molar refractivity (Wildman–Crippen MR) is 390 cm³/mol. The summed E-state index contributed by atoms with van der Waals surface area (Å²) in [6, 6.07) is 13.0. The number of hydrogen-bond acceptors (Lipinski definition) is 15. The van der Waals surface area contributed by atoms with Crippen LogP contribution in [0.2, 0.25) is 0 Å². The number of methoxy groups -OCH3 is 4. The first kappa shape index (κ1) is 77.3. The normalized spacial score (nSPS) is 40.2. The molecule has 1 aliphatic heterocycles. The molecule has 17 heteroatoms. The van der Waals surface area contributed by atoms with Crippen LogP contribution in [0.15, 0.2) is 76.8 Å². The number of nitrogens with one attached hydrogen (secondary N) is 2. The van der Waals surface area contributed by atoms with Gasteiger partial charge in [-0.1, -0.05) is 118 Å². The van der Waals surface area contributed by atoms with Crippen LogP contribution in [0, 0.1) is 100 Å². The number of carbonyl (C=O) groups is 7. The second-order valence-electron chi connectivity index (χ2n) is 36.5. The third-order valence-corrected chi connectivity index (χ3v) is 30.8. The van der Waals surface area contributed by atoms with Gasteiger partial charge in [-0.2, -0.15) is 4.99 Å². The van der Waals surface area contributed by atoms with E-state index in [1.807, 2.05) is 0 Å². The second kappa shape index (κ2) is 28.0. The molecule has 2 amide bonds. The zero-order valence-electron chi connectivity index (χ0n) is 64.3. The van der Waals surface area contributed by atoms with E-state index in [4.69, 9.17) is 24.7 Å². The number of ether oxygens (including phenoxy) is 5. The van der Waals surface area contributed by atoms with Gasteiger partial charge >= 0.3 is 29.9 Å². The molecule has 1 heterocycles. The molecular weight excluding hydrogens is 1270 g/mol. The van der Waals surface area contributed by atoms with Gasteiger partial charge in [0.15, 0.2) is 11.6 Å². The van der Waals surface area contributed by atoms with Gasteiger partial charge in [-0.25, -0.2) is 19.2 Å². The molecule has 2 aromatic rings. The van der Waals surface area contributed by atoms with Crippen LogP contribution in [-0.2, 0) is 47.7 Å². The highest BCUT2D eigenvalue weighted by Gasteiger charge is 2.73. The highest BCUT2D eigenvalue weighted by molar-refractivity contribution is 6.01. The van der Waals surface area contributed by atoms with Crippen LogP contribution in [0.5, 0.6) is 0 Å². The molecule has 0 radical (unpaired) electrons. The third-order valence-electron chi connectivity index (χ3n) is 30.8. The Kier molecular flexibility index (Phi) is 21.4. The number of fused-ring (bicyclic) bond motifs is 14. The van der Waals surface area contributed by atoms with E-state index < -0.39 is 22.8 Å². The van der Waals surface area contributed by atoms with Crippen LogP contribution in [-0.4, -0.2) is 101 Å². The maximum Gasteiger partial charge on any atom is 0.340 e. The minimum Gasteiger partial charge on any atom is -0.469 e. The van der Waals surface area contributed by atoms with E-state index >= 15 is 0 Å². The molecule has 101 heavy (non-hydrogen) atoms. The quantitative estimate of drug-likeness (QED) is 0.101. The van der Waals surface area contributed by atoms with Crippen molar-refractivity contribution in [1.29, 1.82) is 0 Å². The monoisotopic (exact) mass is 1390 g/mol. The van der Waals surface area contributed by atoms with Crippen LogP contribution in [0.3, 0.4) is 0 Å². The summed E-state index contributed by atoms with van der Waals surface area (Å²) in [5.74, 6) is 0.461. The SMILES string of the molecule is C1CCOC1.COC(=O)[C@@]1(C)CC[C@]2(C)CC[C@]3(C)C(=CC(=O)[C@@H]4[C@@]5(C)CCC(N)C(C)(C)[C@@H]5CC[C@]43C)C2C1.COC(=O)c1ccccc1N=C=O.COC(=O)c1ccccc1NC(=O)NC1CC[C@]2(C)[C@H]3C(=O)C=C4C5C[C@@](C)(C(=O)OC)CC[C@]5(C)CC[C@@]4(C)[C@]3(C)CC[C@H]2C1(C)C. The van der Waals surface area contributed by atoms with Gasteiger partial charge in [0.05, 0.1) is 61.8 Å². The molecule has 17 nitrogen and oxygen atoms in total. The molecule has 9 fully saturated rings. The zero-order valence-corrected chi connectivity index (χ0v) is 64.3. The average molecular weight is 1390 g/mol. The van der Waals surface area contributed by atoms with E-state index in [1.54, 1.807) is 36.4 Å². The van der Waals surface area contributed by atoms with Crippen LogP contribution in [0.4, 0.5) is 16.2 Å². The number of benzene rings is 2. The maximum absolute atomic E-state index is 14.7. The Bertz CT molecular complexity index is 3670. The molecule has 4 N–H and O–H groups in total. The summed E-state index contributed by atoms with van der Waals surface area (Å²) in [7, 11) is 5.59. The Morgan fingerprint density at radius 3 is 1.42 bits per heavy atom. The molecule has 0 aromatic heterocycles. The van der Waals surface area contributed by atoms with Crippen molar-refractivity contribution < 1.29 is 62.0 Å². The number of nitrogens with zero attached hydrogens (tertiary/aromatic N) is 1. The Morgan fingerprint density at radius 1 is 0.525 bits per heavy atom. The van der Waals surface area contributed by atoms with Gasteiger partial charge in [0.1, 0.15) is 0 Å². The van der Waals surface area contributed by atoms with Crippen LogP contribution in [0.25, 0.3) is 0 Å². The number of rotatable bonds is 7. The van der Waals surface area contributed by atoms with E-state index in [1.165, 1.54) is 77.1 Å². The standard InChI is InChI=1S/C40H56N2O6.C31H49NO3.C9H7NO3.C4H8O/c1-35(2)29-14-17-40(7)31(38(29,5)16-15-30(35)42-34(46)41-27-13-11-10-12-24(27)32(44)47-8)28(43)22-25-26-23-37(4,33(45)48-9)19-18-36(26,3)20-21-39(25,40)6;1-26(2)22-9-12-31(7)24(29(22,5)11-10-23(26)32)21(33)17-19-20-18-28(4,25(34)35-8)14-13-27(20,3)15-16-30(19,31)6;1-13-9(12)7-4-2-3-5-8(7)10-6-11;1-2-4-5-3-1/h10-13,22,26,29-31H,14-21,23H2,1-9H3,(H2,41,42,46);17,20,22-24H,9-16,18,32H2,1-8H3;2-5H,1H3;1-4H2/t26?,29-,30?,31+,36+,37-,38-,39+,40+;20?,22-,23?,24+,27+,28-,29-,30+,31+;;/m00../s1. The molecule has 18 atom stereocenters. The number of urea groups is 1. The smallest absolute Gasteiger partial charge is 0.340 e. The molecule has 2 aromatic carbocycles. The maximum atomic E-state index is 14.7. The third kappa shape index (κ3) is 12.8. The second-order valence-corrected chi connectivity index (χ2v) is 36.5. The number of nitrogens with two attached hydrogens (primary N) is 1. The molecule has 0 bridgehead atoms. The summed E-state index contributed by atoms with van der Waals surface area (Å²) >= 11 is 0. The minimum atomic E-state index is -0.536. The Labute approximate surface area is 602 Å². The van der Waals surface area contributed by atoms with Crippen molar-refractivity contribution in [2.24, 2.45) is 111 Å². The molecule has 0 spiro atoms. The minimum absolute atomic E-state index is 0.0116. The number of carbonyl (C=O) groups excluding carboxylic acids is 8. The first-order chi connectivity index (χ1) is 47.3. The lowest BCUT2D eigenvalue weighted by Gasteiger charge is -2.70. The molecule has 554 valence electrons. The molecule has 4 unspecified atom stereocenters. The van der Waals surface area contributed by atoms with Gasteiger partial charge in [-0.15, -0.1) is 0 Å². The summed E-state index contributed by atoms with van der Waals surface area (Å²) in [5.41, 5.74) is 8.92. The van der Waals surface area contributed by atoms with Crippen molar-refractivity contribution in [3.8, 4) is 0 Å². The number of aliphatic imine (C=N–C) groups is 1. The lowest BCUT2D eigenvalue weighted by Crippen LogP contribution is -2.67. The van der Waals surface area contributed by atoms with Crippen molar-refractivity contribution in [3.05, 3.63) is 83.0 Å². The Hall–Kier alpha value is -6.29. The number of anilines is 1. The van der Waals surface area contributed by atoms with Crippen molar-refractivity contribution in [1.82, 2.24) is 5.32 Å². The summed E-state index contributed by atoms with van der Waals surface area (Å²) < 4.78 is 24.9. The fourth-order valence-electron chi connectivity index (χ4n) is 24.1. The number of ketones is 2. The van der Waals surface area contributed by atoms with Crippen molar-refractivity contribution in [3.63, 3.8) is 0 Å². The number of amides is 2. The van der Waals surface area contributed by atoms with Gasteiger partial charge < -0.3 is 40.1 Å². The van der Waals surface area contributed by atoms with Gasteiger partial charge in [-0.05, 0) is 257 Å². The fraction of sp³-hybridized carbons (Fsp3) is 0.714. The zero-order chi connectivity index (χ0) is 74.1. The number of para-hydroxylation sites is 2. The number of isocyanates is 1. The van der Waals surface area contributed by atoms with E-state index in [0.29, 0.717) is 23.0 Å². The van der Waals surface area contributed by atoms with Gasteiger partial charge in [0.25, 0.3) is 0 Å². The summed E-state index contributed by atoms with van der Waals surface area (Å²) in [6.07, 6.45) is 25.6. The number of hydrogen-bond donors (Lipinski definition) is 3. The molecular formula is C84H120N4O13. The first-order valence-electron chi connectivity index (χ1n) is 37.8. The van der Waals surface area contributed by atoms with Crippen LogP contribution in [0.1, 0.15) is 246 Å². The molecule has 13 rings (SSSR count). The van der Waals surface area contributed by atoms with E-state index in [0.717, 1.165) is 122 Å². The average Bonchev–Trinajstić information content (AvgIpc) is 0.704. The van der Waals surface area contributed by atoms with Gasteiger partial charge in [-0.3, -0.25) is 19.2 Å². The van der Waals surface area contributed by atoms with E-state index in [9.17, 15) is 38.4 Å². The van der Waals surface area contributed by atoms with Crippen LogP contribution < -0.4 is 16.4 Å². The molecule has 8 saturated carbocycles. The molecule has 1 saturated heterocycles. The summed E-state index contributed by atoms with van der Waals surface area (Å²) in [4.78, 5) is 105. The van der Waals surface area contributed by atoms with Crippen LogP contribution >= 0.6 is 0 Å². The Morgan fingerprint density at radius 2 is 0.960 bits per heavy atom. The van der Waals surface area contributed by atoms with Gasteiger partial charge in [0, 0.05) is 37.1 Å². The lowest BCUT2D eigenvalue weighted by molar-refractivity contribution is -0.189.